The molecule has 5 heteroatoms. The zero-order valence-corrected chi connectivity index (χ0v) is 10.8. The van der Waals surface area contributed by atoms with Crippen molar-refractivity contribution in [1.29, 1.82) is 0 Å². The van der Waals surface area contributed by atoms with Crippen molar-refractivity contribution < 1.29 is 9.53 Å². The molecule has 2 aromatic rings. The van der Waals surface area contributed by atoms with Crippen LogP contribution in [0, 0.1) is 0 Å². The van der Waals surface area contributed by atoms with Crippen molar-refractivity contribution >= 4 is 11.6 Å². The molecule has 19 heavy (non-hydrogen) atoms. The SMILES string of the molecule is CCCCOc1ccc(C(=O)Nc2cn[nH]c2)cc1. The van der Waals surface area contributed by atoms with E-state index in [0.29, 0.717) is 17.9 Å². The van der Waals surface area contributed by atoms with E-state index in [1.807, 2.05) is 0 Å². The molecule has 0 saturated carbocycles. The summed E-state index contributed by atoms with van der Waals surface area (Å²) in [6.07, 6.45) is 5.31. The lowest BCUT2D eigenvalue weighted by Crippen LogP contribution is -2.11. The average Bonchev–Trinajstić information content (AvgIpc) is 2.93. The number of anilines is 1. The minimum atomic E-state index is -0.165. The van der Waals surface area contributed by atoms with Crippen LogP contribution in [0.1, 0.15) is 30.1 Å². The third-order valence-corrected chi connectivity index (χ3v) is 2.64. The number of nitrogens with zero attached hydrogens (tertiary/aromatic N) is 1. The highest BCUT2D eigenvalue weighted by Crippen LogP contribution is 2.14. The number of hydrogen-bond acceptors (Lipinski definition) is 3. The molecule has 1 heterocycles. The van der Waals surface area contributed by atoms with Crippen molar-refractivity contribution in [3.63, 3.8) is 0 Å². The first-order chi connectivity index (χ1) is 9.29. The lowest BCUT2D eigenvalue weighted by molar-refractivity contribution is 0.102. The van der Waals surface area contributed by atoms with E-state index < -0.39 is 0 Å². The third-order valence-electron chi connectivity index (χ3n) is 2.64. The van der Waals surface area contributed by atoms with Gasteiger partial charge >= 0.3 is 0 Å². The lowest BCUT2D eigenvalue weighted by atomic mass is 10.2. The zero-order chi connectivity index (χ0) is 13.5. The second kappa shape index (κ2) is 6.58. The van der Waals surface area contributed by atoms with Gasteiger partial charge in [-0.25, -0.2) is 0 Å². The molecule has 0 spiro atoms. The minimum Gasteiger partial charge on any atom is -0.494 e. The van der Waals surface area contributed by atoms with Crippen LogP contribution in [-0.4, -0.2) is 22.7 Å². The average molecular weight is 259 g/mol. The molecule has 0 fully saturated rings. The number of ether oxygens (including phenoxy) is 1. The van der Waals surface area contributed by atoms with E-state index >= 15 is 0 Å². The molecule has 0 atom stereocenters. The van der Waals surface area contributed by atoms with Gasteiger partial charge in [-0.3, -0.25) is 9.89 Å². The summed E-state index contributed by atoms with van der Waals surface area (Å²) in [5.41, 5.74) is 1.23. The number of carbonyl (C=O) groups excluding carboxylic acids is 1. The standard InChI is InChI=1S/C14H17N3O2/c1-2-3-8-19-13-6-4-11(5-7-13)14(18)17-12-9-15-16-10-12/h4-7,9-10H,2-3,8H2,1H3,(H,15,16)(H,17,18). The van der Waals surface area contributed by atoms with E-state index in [2.05, 4.69) is 22.4 Å². The van der Waals surface area contributed by atoms with Gasteiger partial charge in [0.2, 0.25) is 0 Å². The van der Waals surface area contributed by atoms with Gasteiger partial charge in [0.15, 0.2) is 0 Å². The molecule has 2 N–H and O–H groups in total. The normalized spacial score (nSPS) is 10.2. The van der Waals surface area contributed by atoms with E-state index in [9.17, 15) is 4.79 Å². The van der Waals surface area contributed by atoms with Crippen molar-refractivity contribution in [3.8, 4) is 5.75 Å². The van der Waals surface area contributed by atoms with Crippen molar-refractivity contribution in [2.45, 2.75) is 19.8 Å². The van der Waals surface area contributed by atoms with Crippen LogP contribution in [-0.2, 0) is 0 Å². The van der Waals surface area contributed by atoms with Gasteiger partial charge in [-0.05, 0) is 30.7 Å². The topological polar surface area (TPSA) is 67.0 Å². The van der Waals surface area contributed by atoms with Crippen molar-refractivity contribution in [2.24, 2.45) is 0 Å². The van der Waals surface area contributed by atoms with E-state index in [-0.39, 0.29) is 5.91 Å². The first kappa shape index (κ1) is 13.1. The maximum absolute atomic E-state index is 11.9. The number of carbonyl (C=O) groups is 1. The van der Waals surface area contributed by atoms with E-state index in [4.69, 9.17) is 4.74 Å². The highest BCUT2D eigenvalue weighted by Gasteiger charge is 2.06. The van der Waals surface area contributed by atoms with Gasteiger partial charge in [0.25, 0.3) is 5.91 Å². The Hall–Kier alpha value is -2.30. The number of hydrogen-bond donors (Lipinski definition) is 2. The Morgan fingerprint density at radius 1 is 1.37 bits per heavy atom. The summed E-state index contributed by atoms with van der Waals surface area (Å²) in [6, 6.07) is 7.10. The second-order valence-corrected chi connectivity index (χ2v) is 4.17. The largest absolute Gasteiger partial charge is 0.494 e. The van der Waals surface area contributed by atoms with Gasteiger partial charge in [0, 0.05) is 11.8 Å². The molecular weight excluding hydrogens is 242 g/mol. The Labute approximate surface area is 112 Å². The zero-order valence-electron chi connectivity index (χ0n) is 10.8. The fraction of sp³-hybridized carbons (Fsp3) is 0.286. The van der Waals surface area contributed by atoms with E-state index in [1.54, 1.807) is 36.7 Å². The number of aromatic amines is 1. The highest BCUT2D eigenvalue weighted by atomic mass is 16.5. The monoisotopic (exact) mass is 259 g/mol. The van der Waals surface area contributed by atoms with Crippen LogP contribution in [0.2, 0.25) is 0 Å². The van der Waals surface area contributed by atoms with Crippen LogP contribution in [0.3, 0.4) is 0 Å². The summed E-state index contributed by atoms with van der Waals surface area (Å²) in [6.45, 7) is 2.82. The number of rotatable bonds is 6. The van der Waals surface area contributed by atoms with Gasteiger partial charge < -0.3 is 10.1 Å². The van der Waals surface area contributed by atoms with Gasteiger partial charge in [-0.2, -0.15) is 5.10 Å². The van der Waals surface area contributed by atoms with Crippen molar-refractivity contribution in [1.82, 2.24) is 10.2 Å². The number of amides is 1. The van der Waals surface area contributed by atoms with E-state index in [0.717, 1.165) is 18.6 Å². The number of nitrogens with one attached hydrogen (secondary N) is 2. The molecule has 0 radical (unpaired) electrons. The van der Waals surface area contributed by atoms with Crippen LogP contribution in [0.25, 0.3) is 0 Å². The quantitative estimate of drug-likeness (QED) is 0.784. The van der Waals surface area contributed by atoms with Crippen LogP contribution in [0.5, 0.6) is 5.75 Å². The number of aromatic nitrogens is 2. The fourth-order valence-electron chi connectivity index (χ4n) is 1.56. The summed E-state index contributed by atoms with van der Waals surface area (Å²) < 4.78 is 5.54. The van der Waals surface area contributed by atoms with Crippen LogP contribution in [0.4, 0.5) is 5.69 Å². The summed E-state index contributed by atoms with van der Waals surface area (Å²) >= 11 is 0. The molecule has 0 saturated heterocycles. The first-order valence-corrected chi connectivity index (χ1v) is 6.32. The lowest BCUT2D eigenvalue weighted by Gasteiger charge is -2.06. The summed E-state index contributed by atoms with van der Waals surface area (Å²) in [5, 5.41) is 9.14. The summed E-state index contributed by atoms with van der Waals surface area (Å²) in [4.78, 5) is 11.9. The van der Waals surface area contributed by atoms with Gasteiger partial charge in [-0.15, -0.1) is 0 Å². The Bertz CT molecular complexity index is 506. The minimum absolute atomic E-state index is 0.165. The smallest absolute Gasteiger partial charge is 0.255 e. The third kappa shape index (κ3) is 3.84. The first-order valence-electron chi connectivity index (χ1n) is 6.32. The molecule has 0 bridgehead atoms. The predicted molar refractivity (Wildman–Crippen MR) is 73.4 cm³/mol. The summed E-state index contributed by atoms with van der Waals surface area (Å²) in [7, 11) is 0. The molecule has 1 amide bonds. The fourth-order valence-corrected chi connectivity index (χ4v) is 1.56. The molecule has 0 aliphatic heterocycles. The molecule has 1 aromatic heterocycles. The van der Waals surface area contributed by atoms with Crippen LogP contribution in [0.15, 0.2) is 36.7 Å². The van der Waals surface area contributed by atoms with E-state index in [1.165, 1.54) is 0 Å². The van der Waals surface area contributed by atoms with Crippen LogP contribution >= 0.6 is 0 Å². The van der Waals surface area contributed by atoms with Gasteiger partial charge in [-0.1, -0.05) is 13.3 Å². The molecule has 0 aliphatic carbocycles. The number of benzene rings is 1. The Morgan fingerprint density at radius 2 is 2.16 bits per heavy atom. The van der Waals surface area contributed by atoms with Crippen LogP contribution < -0.4 is 10.1 Å². The number of H-pyrrole nitrogens is 1. The predicted octanol–water partition coefficient (Wildman–Crippen LogP) is 2.84. The maximum Gasteiger partial charge on any atom is 0.255 e. The Morgan fingerprint density at radius 3 is 2.79 bits per heavy atom. The molecule has 100 valence electrons. The van der Waals surface area contributed by atoms with Gasteiger partial charge in [0.1, 0.15) is 5.75 Å². The number of unbranched alkanes of at least 4 members (excludes halogenated alkanes) is 1. The highest BCUT2D eigenvalue weighted by molar-refractivity contribution is 6.04. The summed E-state index contributed by atoms with van der Waals surface area (Å²) in [5.74, 6) is 0.620. The maximum atomic E-state index is 11.9. The molecular formula is C14H17N3O2. The molecule has 1 aromatic carbocycles. The Kier molecular flexibility index (Phi) is 4.55. The molecule has 0 unspecified atom stereocenters. The van der Waals surface area contributed by atoms with Crippen molar-refractivity contribution in [3.05, 3.63) is 42.2 Å². The van der Waals surface area contributed by atoms with Gasteiger partial charge in [0.05, 0.1) is 18.5 Å². The molecule has 2 rings (SSSR count). The second-order valence-electron chi connectivity index (χ2n) is 4.17. The van der Waals surface area contributed by atoms with Crippen molar-refractivity contribution in [2.75, 3.05) is 11.9 Å². The molecule has 5 nitrogen and oxygen atoms in total. The molecule has 0 aliphatic rings. The Balaban J connectivity index is 1.92.